The molecule has 0 radical (unpaired) electrons. The first-order chi connectivity index (χ1) is 9.08. The summed E-state index contributed by atoms with van der Waals surface area (Å²) in [6.45, 7) is 4.85. The zero-order chi connectivity index (χ0) is 14.3. The minimum absolute atomic E-state index is 0.0990. The van der Waals surface area contributed by atoms with Gasteiger partial charge in [-0.05, 0) is 32.0 Å². The van der Waals surface area contributed by atoms with E-state index in [4.69, 9.17) is 15.2 Å². The van der Waals surface area contributed by atoms with Crippen molar-refractivity contribution < 1.29 is 18.7 Å². The molecule has 0 unspecified atom stereocenters. The van der Waals surface area contributed by atoms with Gasteiger partial charge < -0.3 is 20.5 Å². The summed E-state index contributed by atoms with van der Waals surface area (Å²) in [4.78, 5) is 11.9. The Morgan fingerprint density at radius 1 is 1.37 bits per heavy atom. The van der Waals surface area contributed by atoms with Gasteiger partial charge in [0.1, 0.15) is 5.82 Å². The molecule has 0 heterocycles. The number of anilines is 1. The fourth-order valence-electron chi connectivity index (χ4n) is 1.55. The standard InChI is InChI=1S/C13H19FN2O3/c1-3-18-12(19-4-2)8-16-13(17)10-6-5-9(14)7-11(10)15/h5-7,12H,3-4,8,15H2,1-2H3,(H,16,17). The second kappa shape index (κ2) is 7.70. The summed E-state index contributed by atoms with van der Waals surface area (Å²) in [5.74, 6) is -0.863. The van der Waals surface area contributed by atoms with Crippen LogP contribution in [0.4, 0.5) is 10.1 Å². The predicted molar refractivity (Wildman–Crippen MR) is 70.2 cm³/mol. The minimum atomic E-state index is -0.499. The van der Waals surface area contributed by atoms with Crippen LogP contribution in [0.1, 0.15) is 24.2 Å². The molecular weight excluding hydrogens is 251 g/mol. The third kappa shape index (κ3) is 4.84. The first kappa shape index (κ1) is 15.4. The highest BCUT2D eigenvalue weighted by Gasteiger charge is 2.13. The number of nitrogen functional groups attached to an aromatic ring is 1. The van der Waals surface area contributed by atoms with Gasteiger partial charge in [0, 0.05) is 18.9 Å². The van der Waals surface area contributed by atoms with E-state index >= 15 is 0 Å². The molecule has 0 bridgehead atoms. The predicted octanol–water partition coefficient (Wildman–Crippen LogP) is 1.54. The number of amides is 1. The molecule has 3 N–H and O–H groups in total. The van der Waals surface area contributed by atoms with E-state index < -0.39 is 12.1 Å². The molecule has 0 spiro atoms. The van der Waals surface area contributed by atoms with Gasteiger partial charge in [0.25, 0.3) is 5.91 Å². The van der Waals surface area contributed by atoms with Gasteiger partial charge in [0.15, 0.2) is 6.29 Å². The van der Waals surface area contributed by atoms with Crippen molar-refractivity contribution in [1.82, 2.24) is 5.32 Å². The van der Waals surface area contributed by atoms with Crippen LogP contribution in [0.15, 0.2) is 18.2 Å². The first-order valence-corrected chi connectivity index (χ1v) is 6.14. The fraction of sp³-hybridized carbons (Fsp3) is 0.462. The number of rotatable bonds is 7. The highest BCUT2D eigenvalue weighted by atomic mass is 19.1. The smallest absolute Gasteiger partial charge is 0.253 e. The van der Waals surface area contributed by atoms with Crippen molar-refractivity contribution >= 4 is 11.6 Å². The number of hydrogen-bond acceptors (Lipinski definition) is 4. The molecule has 0 aliphatic heterocycles. The Labute approximate surface area is 111 Å². The van der Waals surface area contributed by atoms with Crippen molar-refractivity contribution in [2.45, 2.75) is 20.1 Å². The van der Waals surface area contributed by atoms with Crippen LogP contribution in [0.5, 0.6) is 0 Å². The molecule has 106 valence electrons. The third-order valence-electron chi connectivity index (χ3n) is 2.39. The molecule has 19 heavy (non-hydrogen) atoms. The SMILES string of the molecule is CCOC(CNC(=O)c1ccc(F)cc1N)OCC. The molecule has 1 aromatic carbocycles. The Hall–Kier alpha value is -1.66. The lowest BCUT2D eigenvalue weighted by atomic mass is 10.1. The van der Waals surface area contributed by atoms with Gasteiger partial charge in [-0.3, -0.25) is 4.79 Å². The fourth-order valence-corrected chi connectivity index (χ4v) is 1.55. The van der Waals surface area contributed by atoms with Gasteiger partial charge in [-0.2, -0.15) is 0 Å². The first-order valence-electron chi connectivity index (χ1n) is 6.14. The molecule has 0 aliphatic carbocycles. The molecular formula is C13H19FN2O3. The number of carbonyl (C=O) groups is 1. The van der Waals surface area contributed by atoms with Gasteiger partial charge in [-0.25, -0.2) is 4.39 Å². The summed E-state index contributed by atoms with van der Waals surface area (Å²) in [5.41, 5.74) is 5.91. The Balaban J connectivity index is 2.58. The summed E-state index contributed by atoms with van der Waals surface area (Å²) in [6.07, 6.45) is -0.499. The minimum Gasteiger partial charge on any atom is -0.398 e. The average molecular weight is 270 g/mol. The van der Waals surface area contributed by atoms with Crippen molar-refractivity contribution in [2.75, 3.05) is 25.5 Å². The number of carbonyl (C=O) groups excluding carboxylic acids is 1. The lowest BCUT2D eigenvalue weighted by molar-refractivity contribution is -0.131. The molecule has 1 aromatic rings. The zero-order valence-corrected chi connectivity index (χ0v) is 11.1. The molecule has 0 saturated heterocycles. The van der Waals surface area contributed by atoms with E-state index in [0.29, 0.717) is 13.2 Å². The second-order valence-electron chi connectivity index (χ2n) is 3.78. The van der Waals surface area contributed by atoms with E-state index in [-0.39, 0.29) is 23.7 Å². The third-order valence-corrected chi connectivity index (χ3v) is 2.39. The Bertz CT molecular complexity index is 420. The van der Waals surface area contributed by atoms with E-state index in [1.54, 1.807) is 0 Å². The topological polar surface area (TPSA) is 73.6 Å². The summed E-state index contributed by atoms with van der Waals surface area (Å²) in [6, 6.07) is 3.64. The van der Waals surface area contributed by atoms with E-state index in [1.807, 2.05) is 13.8 Å². The highest BCUT2D eigenvalue weighted by Crippen LogP contribution is 2.13. The summed E-state index contributed by atoms with van der Waals surface area (Å²) in [7, 11) is 0. The van der Waals surface area contributed by atoms with Crippen molar-refractivity contribution in [1.29, 1.82) is 0 Å². The Kier molecular flexibility index (Phi) is 6.24. The van der Waals surface area contributed by atoms with Gasteiger partial charge >= 0.3 is 0 Å². The van der Waals surface area contributed by atoms with Gasteiger partial charge in [-0.1, -0.05) is 0 Å². The summed E-state index contributed by atoms with van der Waals surface area (Å²) in [5, 5.41) is 2.64. The molecule has 1 rings (SSSR count). The van der Waals surface area contributed by atoms with Crippen LogP contribution < -0.4 is 11.1 Å². The van der Waals surface area contributed by atoms with Crippen LogP contribution >= 0.6 is 0 Å². The van der Waals surface area contributed by atoms with E-state index in [2.05, 4.69) is 5.32 Å². The van der Waals surface area contributed by atoms with Crippen LogP contribution in [0.25, 0.3) is 0 Å². The number of nitrogens with one attached hydrogen (secondary N) is 1. The van der Waals surface area contributed by atoms with E-state index in [1.165, 1.54) is 12.1 Å². The maximum atomic E-state index is 12.9. The lowest BCUT2D eigenvalue weighted by Crippen LogP contribution is -2.35. The maximum absolute atomic E-state index is 12.9. The van der Waals surface area contributed by atoms with Crippen molar-refractivity contribution in [3.63, 3.8) is 0 Å². The monoisotopic (exact) mass is 270 g/mol. The molecule has 5 nitrogen and oxygen atoms in total. The van der Waals surface area contributed by atoms with Crippen LogP contribution in [0.2, 0.25) is 0 Å². The van der Waals surface area contributed by atoms with E-state index in [0.717, 1.165) is 6.07 Å². The highest BCUT2D eigenvalue weighted by molar-refractivity contribution is 5.99. The number of halogens is 1. The van der Waals surface area contributed by atoms with Crippen LogP contribution in [0, 0.1) is 5.82 Å². The van der Waals surface area contributed by atoms with Crippen molar-refractivity contribution in [3.8, 4) is 0 Å². The maximum Gasteiger partial charge on any atom is 0.253 e. The molecule has 0 saturated carbocycles. The van der Waals surface area contributed by atoms with Crippen LogP contribution in [0.3, 0.4) is 0 Å². The summed E-state index contributed by atoms with van der Waals surface area (Å²) >= 11 is 0. The van der Waals surface area contributed by atoms with Crippen LogP contribution in [-0.2, 0) is 9.47 Å². The largest absolute Gasteiger partial charge is 0.398 e. The van der Waals surface area contributed by atoms with Crippen molar-refractivity contribution in [2.24, 2.45) is 0 Å². The second-order valence-corrected chi connectivity index (χ2v) is 3.78. The molecule has 6 heteroatoms. The number of benzene rings is 1. The van der Waals surface area contributed by atoms with E-state index in [9.17, 15) is 9.18 Å². The zero-order valence-electron chi connectivity index (χ0n) is 11.1. The Morgan fingerprint density at radius 3 is 2.53 bits per heavy atom. The number of ether oxygens (including phenoxy) is 2. The van der Waals surface area contributed by atoms with Gasteiger partial charge in [-0.15, -0.1) is 0 Å². The quantitative estimate of drug-likeness (QED) is 0.582. The molecule has 0 fully saturated rings. The van der Waals surface area contributed by atoms with Gasteiger partial charge in [0.2, 0.25) is 0 Å². The Morgan fingerprint density at radius 2 is 2.00 bits per heavy atom. The number of nitrogens with two attached hydrogens (primary N) is 1. The number of hydrogen-bond donors (Lipinski definition) is 2. The molecule has 0 aliphatic rings. The summed E-state index contributed by atoms with van der Waals surface area (Å²) < 4.78 is 23.5. The van der Waals surface area contributed by atoms with Crippen molar-refractivity contribution in [3.05, 3.63) is 29.6 Å². The molecule has 0 aromatic heterocycles. The normalized spacial score (nSPS) is 10.7. The van der Waals surface area contributed by atoms with Gasteiger partial charge in [0.05, 0.1) is 12.1 Å². The lowest BCUT2D eigenvalue weighted by Gasteiger charge is -2.17. The average Bonchev–Trinajstić information content (AvgIpc) is 2.36. The molecule has 1 amide bonds. The molecule has 0 atom stereocenters. The van der Waals surface area contributed by atoms with Crippen LogP contribution in [-0.4, -0.2) is 32.0 Å².